The van der Waals surface area contributed by atoms with Gasteiger partial charge >= 0.3 is 6.03 Å². The second-order valence-corrected chi connectivity index (χ2v) is 8.83. The first-order chi connectivity index (χ1) is 15.3. The smallest absolute Gasteiger partial charge is 0.325 e. The zero-order chi connectivity index (χ0) is 22.9. The topological polar surface area (TPSA) is 111 Å². The monoisotopic (exact) mass is 439 g/mol. The summed E-state index contributed by atoms with van der Waals surface area (Å²) in [7, 11) is 0. The highest BCUT2D eigenvalue weighted by Gasteiger charge is 2.52. The summed E-state index contributed by atoms with van der Waals surface area (Å²) in [6.45, 7) is 4.40. The molecule has 1 saturated carbocycles. The number of hydrogen-bond donors (Lipinski definition) is 2. The van der Waals surface area contributed by atoms with Crippen molar-refractivity contribution in [3.63, 3.8) is 0 Å². The van der Waals surface area contributed by atoms with Gasteiger partial charge in [0, 0.05) is 25.9 Å². The summed E-state index contributed by atoms with van der Waals surface area (Å²) in [5.74, 6) is -0.627. The van der Waals surface area contributed by atoms with Crippen LogP contribution in [0.25, 0.3) is 0 Å². The summed E-state index contributed by atoms with van der Waals surface area (Å²) in [6, 6.07) is 5.42. The van der Waals surface area contributed by atoms with Crippen LogP contribution in [0.4, 0.5) is 10.5 Å². The zero-order valence-electron chi connectivity index (χ0n) is 18.6. The Balaban J connectivity index is 1.33. The van der Waals surface area contributed by atoms with E-state index in [0.29, 0.717) is 37.2 Å². The second-order valence-electron chi connectivity index (χ2n) is 8.83. The van der Waals surface area contributed by atoms with E-state index in [4.69, 9.17) is 0 Å². The molecule has 0 aromatic heterocycles. The number of amides is 5. The molecule has 170 valence electrons. The van der Waals surface area contributed by atoms with Crippen molar-refractivity contribution in [2.75, 3.05) is 18.1 Å². The Kier molecular flexibility index (Phi) is 5.99. The number of imide groups is 1. The fourth-order valence-corrected chi connectivity index (χ4v) is 4.59. The van der Waals surface area contributed by atoms with E-state index in [9.17, 15) is 19.2 Å². The summed E-state index contributed by atoms with van der Waals surface area (Å²) in [4.78, 5) is 51.2. The van der Waals surface area contributed by atoms with Crippen LogP contribution >= 0.6 is 0 Å². The molecule has 9 heteroatoms. The highest BCUT2D eigenvalue weighted by atomic mass is 16.2. The maximum absolute atomic E-state index is 12.7. The lowest BCUT2D eigenvalue weighted by molar-refractivity contribution is -0.131. The number of nitrogens with one attached hydrogen (secondary N) is 2. The first-order valence-corrected chi connectivity index (χ1v) is 11.2. The molecular formula is C23H29N5O4. The Labute approximate surface area is 187 Å². The molecule has 0 bridgehead atoms. The van der Waals surface area contributed by atoms with Gasteiger partial charge in [-0.1, -0.05) is 25.0 Å². The molecule has 1 aromatic carbocycles. The fraction of sp³-hybridized carbons (Fsp3) is 0.522. The Bertz CT molecular complexity index is 996. The van der Waals surface area contributed by atoms with Crippen LogP contribution in [-0.2, 0) is 14.4 Å². The van der Waals surface area contributed by atoms with E-state index >= 15 is 0 Å². The van der Waals surface area contributed by atoms with Gasteiger partial charge in [0.2, 0.25) is 5.91 Å². The predicted molar refractivity (Wildman–Crippen MR) is 119 cm³/mol. The molecule has 2 heterocycles. The van der Waals surface area contributed by atoms with Crippen LogP contribution in [0, 0.1) is 13.8 Å². The minimum Gasteiger partial charge on any atom is -0.351 e. The van der Waals surface area contributed by atoms with Gasteiger partial charge in [0.05, 0.1) is 5.69 Å². The third-order valence-corrected chi connectivity index (χ3v) is 6.43. The predicted octanol–water partition coefficient (Wildman–Crippen LogP) is 2.16. The van der Waals surface area contributed by atoms with Crippen LogP contribution in [-0.4, -0.2) is 53.0 Å². The lowest BCUT2D eigenvalue weighted by Gasteiger charge is -2.25. The second kappa shape index (κ2) is 8.72. The lowest BCUT2D eigenvalue weighted by Crippen LogP contribution is -2.44. The number of hydrazone groups is 1. The van der Waals surface area contributed by atoms with Crippen molar-refractivity contribution in [1.29, 1.82) is 0 Å². The standard InChI is InChI=1S/C23H29N5O4/c1-15-6-7-16(2)18(14-15)28-19(29)9-8-17(26-28)20(30)24-12-5-13-27-21(31)23(25-22(27)32)10-3-4-11-23/h6-7,14H,3-5,8-13H2,1-2H3,(H,24,30)(H,25,32). The van der Waals surface area contributed by atoms with Gasteiger partial charge in [-0.15, -0.1) is 0 Å². The number of rotatable bonds is 6. The molecule has 32 heavy (non-hydrogen) atoms. The largest absolute Gasteiger partial charge is 0.351 e. The molecular weight excluding hydrogens is 410 g/mol. The summed E-state index contributed by atoms with van der Waals surface area (Å²) in [5.41, 5.74) is 2.18. The Morgan fingerprint density at radius 1 is 1.16 bits per heavy atom. The van der Waals surface area contributed by atoms with Crippen molar-refractivity contribution in [2.45, 2.75) is 64.3 Å². The van der Waals surface area contributed by atoms with Gasteiger partial charge in [-0.25, -0.2) is 9.80 Å². The van der Waals surface area contributed by atoms with Gasteiger partial charge in [-0.05, 0) is 50.3 Å². The van der Waals surface area contributed by atoms with E-state index < -0.39 is 5.54 Å². The molecule has 5 amide bonds. The Morgan fingerprint density at radius 2 is 1.91 bits per heavy atom. The van der Waals surface area contributed by atoms with Gasteiger partial charge in [-0.2, -0.15) is 5.10 Å². The number of aryl methyl sites for hydroxylation is 2. The number of anilines is 1. The molecule has 1 spiro atoms. The van der Waals surface area contributed by atoms with Gasteiger partial charge < -0.3 is 10.6 Å². The van der Waals surface area contributed by atoms with Crippen molar-refractivity contribution in [3.8, 4) is 0 Å². The summed E-state index contributed by atoms with van der Waals surface area (Å²) < 4.78 is 0. The van der Waals surface area contributed by atoms with Crippen LogP contribution < -0.4 is 15.6 Å². The number of carbonyl (C=O) groups is 4. The third-order valence-electron chi connectivity index (χ3n) is 6.43. The summed E-state index contributed by atoms with van der Waals surface area (Å²) >= 11 is 0. The molecule has 2 fully saturated rings. The average molecular weight is 440 g/mol. The molecule has 0 radical (unpaired) electrons. The number of nitrogens with zero attached hydrogens (tertiary/aromatic N) is 3. The number of urea groups is 1. The molecule has 1 saturated heterocycles. The van der Waals surface area contributed by atoms with Crippen LogP contribution in [0.2, 0.25) is 0 Å². The lowest BCUT2D eigenvalue weighted by atomic mass is 9.98. The number of benzene rings is 1. The van der Waals surface area contributed by atoms with Crippen LogP contribution in [0.1, 0.15) is 56.1 Å². The molecule has 2 N–H and O–H groups in total. The minimum atomic E-state index is -0.707. The number of carbonyl (C=O) groups excluding carboxylic acids is 4. The zero-order valence-corrected chi connectivity index (χ0v) is 18.6. The van der Waals surface area contributed by atoms with E-state index in [1.165, 1.54) is 9.91 Å². The maximum Gasteiger partial charge on any atom is 0.325 e. The molecule has 0 atom stereocenters. The van der Waals surface area contributed by atoms with Crippen molar-refractivity contribution >= 4 is 35.2 Å². The van der Waals surface area contributed by atoms with E-state index in [1.54, 1.807) is 0 Å². The fourth-order valence-electron chi connectivity index (χ4n) is 4.59. The quantitative estimate of drug-likeness (QED) is 0.523. The van der Waals surface area contributed by atoms with Crippen molar-refractivity contribution in [1.82, 2.24) is 15.5 Å². The van der Waals surface area contributed by atoms with Crippen LogP contribution in [0.15, 0.2) is 23.3 Å². The Hall–Kier alpha value is -3.23. The SMILES string of the molecule is Cc1ccc(C)c(N2N=C(C(=O)NCCCN3C(=O)NC4(CCCC4)C3=O)CCC2=O)c1. The van der Waals surface area contributed by atoms with Crippen molar-refractivity contribution in [2.24, 2.45) is 5.10 Å². The first kappa shape index (κ1) is 22.0. The summed E-state index contributed by atoms with van der Waals surface area (Å²) in [5, 5.41) is 11.3. The van der Waals surface area contributed by atoms with E-state index in [2.05, 4.69) is 15.7 Å². The van der Waals surface area contributed by atoms with E-state index in [-0.39, 0.29) is 43.1 Å². The van der Waals surface area contributed by atoms with Crippen LogP contribution in [0.3, 0.4) is 0 Å². The maximum atomic E-state index is 12.7. The number of hydrogen-bond acceptors (Lipinski definition) is 5. The molecule has 0 unspecified atom stereocenters. The van der Waals surface area contributed by atoms with Crippen molar-refractivity contribution in [3.05, 3.63) is 29.3 Å². The van der Waals surface area contributed by atoms with Gasteiger partial charge in [-0.3, -0.25) is 19.3 Å². The van der Waals surface area contributed by atoms with Gasteiger partial charge in [0.25, 0.3) is 11.8 Å². The molecule has 9 nitrogen and oxygen atoms in total. The molecule has 1 aromatic rings. The van der Waals surface area contributed by atoms with Gasteiger partial charge in [0.15, 0.2) is 0 Å². The van der Waals surface area contributed by atoms with E-state index in [1.807, 2.05) is 32.0 Å². The highest BCUT2D eigenvalue weighted by Crippen LogP contribution is 2.35. The van der Waals surface area contributed by atoms with Crippen LogP contribution in [0.5, 0.6) is 0 Å². The molecule has 2 aliphatic heterocycles. The third kappa shape index (κ3) is 4.11. The van der Waals surface area contributed by atoms with Gasteiger partial charge in [0.1, 0.15) is 11.3 Å². The Morgan fingerprint density at radius 3 is 2.66 bits per heavy atom. The van der Waals surface area contributed by atoms with Crippen molar-refractivity contribution < 1.29 is 19.2 Å². The van der Waals surface area contributed by atoms with E-state index in [0.717, 1.165) is 24.0 Å². The molecule has 4 rings (SSSR count). The molecule has 3 aliphatic rings. The first-order valence-electron chi connectivity index (χ1n) is 11.2. The molecule has 1 aliphatic carbocycles. The summed E-state index contributed by atoms with van der Waals surface area (Å²) in [6.07, 6.45) is 4.22. The normalized spacial score (nSPS) is 20.1. The average Bonchev–Trinajstić information content (AvgIpc) is 3.33. The minimum absolute atomic E-state index is 0.144. The highest BCUT2D eigenvalue weighted by molar-refractivity contribution is 6.40.